The Hall–Kier alpha value is -2.71. The third-order valence-corrected chi connectivity index (χ3v) is 6.95. The van der Waals surface area contributed by atoms with E-state index in [-0.39, 0.29) is 42.3 Å². The molecule has 3 N–H and O–H groups in total. The van der Waals surface area contributed by atoms with Crippen LogP contribution in [0.2, 0.25) is 0 Å². The van der Waals surface area contributed by atoms with E-state index >= 15 is 0 Å². The van der Waals surface area contributed by atoms with Crippen LogP contribution in [0.4, 0.5) is 0 Å². The first kappa shape index (κ1) is 25.5. The number of benzene rings is 2. The van der Waals surface area contributed by atoms with Gasteiger partial charge in [0.15, 0.2) is 0 Å². The number of hydrogen-bond donors (Lipinski definition) is 3. The summed E-state index contributed by atoms with van der Waals surface area (Å²) in [6.45, 7) is 9.64. The number of hydrogen-bond acceptors (Lipinski definition) is 4. The van der Waals surface area contributed by atoms with Gasteiger partial charge in [0.05, 0.1) is 4.90 Å². The molecule has 0 aliphatic heterocycles. The van der Waals surface area contributed by atoms with Crippen molar-refractivity contribution in [2.24, 2.45) is 0 Å². The van der Waals surface area contributed by atoms with Gasteiger partial charge >= 0.3 is 0 Å². The molecule has 2 aromatic carbocycles. The van der Waals surface area contributed by atoms with Gasteiger partial charge in [-0.3, -0.25) is 9.59 Å². The normalized spacial score (nSPS) is 12.3. The number of amides is 2. The lowest BCUT2D eigenvalue weighted by molar-refractivity contribution is -0.121. The van der Waals surface area contributed by atoms with Crippen molar-refractivity contribution < 1.29 is 18.0 Å². The summed E-state index contributed by atoms with van der Waals surface area (Å²) in [7, 11) is -3.70. The summed E-state index contributed by atoms with van der Waals surface area (Å²) >= 11 is 0. The molecule has 8 heteroatoms. The molecule has 0 saturated carbocycles. The van der Waals surface area contributed by atoms with Gasteiger partial charge in [0, 0.05) is 31.1 Å². The molecule has 0 heterocycles. The number of sulfonamides is 1. The zero-order chi connectivity index (χ0) is 23.9. The van der Waals surface area contributed by atoms with Gasteiger partial charge < -0.3 is 10.6 Å². The van der Waals surface area contributed by atoms with E-state index in [0.717, 1.165) is 17.5 Å². The van der Waals surface area contributed by atoms with Crippen LogP contribution in [-0.4, -0.2) is 32.8 Å². The molecule has 0 radical (unpaired) electrons. The molecule has 1 unspecified atom stereocenters. The number of nitrogens with one attached hydrogen (secondary N) is 3. The van der Waals surface area contributed by atoms with Crippen LogP contribution in [0, 0.1) is 20.8 Å². The summed E-state index contributed by atoms with van der Waals surface area (Å²) in [5.41, 5.74) is 3.68. The van der Waals surface area contributed by atoms with Crippen molar-refractivity contribution in [3.8, 4) is 0 Å². The van der Waals surface area contributed by atoms with E-state index < -0.39 is 10.0 Å². The van der Waals surface area contributed by atoms with Crippen LogP contribution >= 0.6 is 0 Å². The summed E-state index contributed by atoms with van der Waals surface area (Å²) in [5, 5.41) is 5.68. The fraction of sp³-hybridized carbons (Fsp3) is 0.417. The van der Waals surface area contributed by atoms with Gasteiger partial charge in [0.2, 0.25) is 15.9 Å². The molecule has 0 aromatic heterocycles. The highest BCUT2D eigenvalue weighted by Gasteiger charge is 2.19. The number of rotatable bonds is 10. The fourth-order valence-electron chi connectivity index (χ4n) is 3.48. The maximum atomic E-state index is 12.7. The number of carbonyl (C=O) groups is 2. The van der Waals surface area contributed by atoms with Gasteiger partial charge in [-0.25, -0.2) is 13.1 Å². The summed E-state index contributed by atoms with van der Waals surface area (Å²) in [6, 6.07) is 10.8. The fourth-order valence-corrected chi connectivity index (χ4v) is 4.96. The van der Waals surface area contributed by atoms with Crippen molar-refractivity contribution in [3.05, 3.63) is 64.2 Å². The molecule has 174 valence electrons. The molecule has 0 bridgehead atoms. The van der Waals surface area contributed by atoms with Gasteiger partial charge in [0.25, 0.3) is 5.91 Å². The Bertz CT molecular complexity index is 1060. The average Bonchev–Trinajstić information content (AvgIpc) is 2.71. The van der Waals surface area contributed by atoms with Crippen LogP contribution in [0.15, 0.2) is 41.3 Å². The van der Waals surface area contributed by atoms with Crippen molar-refractivity contribution in [1.29, 1.82) is 0 Å². The monoisotopic (exact) mass is 459 g/mol. The first-order valence-corrected chi connectivity index (χ1v) is 12.3. The van der Waals surface area contributed by atoms with Crippen LogP contribution < -0.4 is 15.4 Å². The molecular weight excluding hydrogens is 426 g/mol. The number of aryl methyl sites for hydroxylation is 3. The summed E-state index contributed by atoms with van der Waals surface area (Å²) in [4.78, 5) is 24.7. The maximum absolute atomic E-state index is 12.7. The van der Waals surface area contributed by atoms with Crippen LogP contribution in [-0.2, 0) is 21.4 Å². The smallest absolute Gasteiger partial charge is 0.251 e. The molecule has 0 fully saturated rings. The van der Waals surface area contributed by atoms with E-state index in [1.54, 1.807) is 32.0 Å². The van der Waals surface area contributed by atoms with Crippen molar-refractivity contribution in [2.75, 3.05) is 6.54 Å². The minimum Gasteiger partial charge on any atom is -0.352 e. The second kappa shape index (κ2) is 11.2. The second-order valence-electron chi connectivity index (χ2n) is 8.14. The highest BCUT2D eigenvalue weighted by atomic mass is 32.2. The van der Waals surface area contributed by atoms with Gasteiger partial charge in [-0.2, -0.15) is 0 Å². The van der Waals surface area contributed by atoms with E-state index in [9.17, 15) is 18.0 Å². The summed E-state index contributed by atoms with van der Waals surface area (Å²) in [6.07, 6.45) is 0.853. The highest BCUT2D eigenvalue weighted by molar-refractivity contribution is 7.89. The predicted octanol–water partition coefficient (Wildman–Crippen LogP) is 3.12. The minimum atomic E-state index is -3.70. The van der Waals surface area contributed by atoms with Crippen LogP contribution in [0.1, 0.15) is 59.3 Å². The van der Waals surface area contributed by atoms with E-state index in [1.807, 2.05) is 39.0 Å². The Balaban J connectivity index is 1.88. The quantitative estimate of drug-likeness (QED) is 0.508. The first-order valence-electron chi connectivity index (χ1n) is 10.8. The third-order valence-electron chi connectivity index (χ3n) is 5.19. The molecule has 0 aliphatic carbocycles. The lowest BCUT2D eigenvalue weighted by Crippen LogP contribution is -2.32. The second-order valence-corrected chi connectivity index (χ2v) is 9.84. The molecule has 0 spiro atoms. The van der Waals surface area contributed by atoms with Crippen molar-refractivity contribution >= 4 is 21.8 Å². The van der Waals surface area contributed by atoms with Crippen molar-refractivity contribution in [1.82, 2.24) is 15.4 Å². The molecule has 0 saturated heterocycles. The largest absolute Gasteiger partial charge is 0.352 e. The zero-order valence-electron chi connectivity index (χ0n) is 19.4. The highest BCUT2D eigenvalue weighted by Crippen LogP contribution is 2.21. The predicted molar refractivity (Wildman–Crippen MR) is 126 cm³/mol. The Morgan fingerprint density at radius 3 is 2.31 bits per heavy atom. The Morgan fingerprint density at radius 1 is 1.03 bits per heavy atom. The lowest BCUT2D eigenvalue weighted by Gasteiger charge is -2.13. The van der Waals surface area contributed by atoms with E-state index in [2.05, 4.69) is 15.4 Å². The third kappa shape index (κ3) is 7.17. The Kier molecular flexibility index (Phi) is 8.98. The van der Waals surface area contributed by atoms with Crippen LogP contribution in [0.5, 0.6) is 0 Å². The summed E-state index contributed by atoms with van der Waals surface area (Å²) < 4.78 is 27.8. The van der Waals surface area contributed by atoms with Gasteiger partial charge in [-0.15, -0.1) is 0 Å². The molecule has 2 aromatic rings. The van der Waals surface area contributed by atoms with E-state index in [1.165, 1.54) is 0 Å². The molecular formula is C24H33N3O4S. The lowest BCUT2D eigenvalue weighted by atomic mass is 10.1. The standard InChI is InChI=1S/C24H33N3O4S/c1-6-19(5)27-24(29)21-9-7-8-20(14-21)15-25-22(28)10-11-26-32(30,31)23-17(3)12-16(2)13-18(23)4/h7-9,12-14,19,26H,6,10-11,15H2,1-5H3,(H,25,28)(H,27,29). The minimum absolute atomic E-state index is 0.00171. The Morgan fingerprint density at radius 2 is 1.69 bits per heavy atom. The average molecular weight is 460 g/mol. The van der Waals surface area contributed by atoms with Gasteiger partial charge in [0.1, 0.15) is 0 Å². The molecule has 2 amide bonds. The molecule has 2 rings (SSSR count). The Labute approximate surface area is 191 Å². The van der Waals surface area contributed by atoms with Gasteiger partial charge in [-0.05, 0) is 62.9 Å². The molecule has 7 nitrogen and oxygen atoms in total. The summed E-state index contributed by atoms with van der Waals surface area (Å²) in [5.74, 6) is -0.428. The maximum Gasteiger partial charge on any atom is 0.251 e. The SMILES string of the molecule is CCC(C)NC(=O)c1cccc(CNC(=O)CCNS(=O)(=O)c2c(C)cc(C)cc2C)c1. The number of carbonyl (C=O) groups excluding carboxylic acids is 2. The van der Waals surface area contributed by atoms with Crippen molar-refractivity contribution in [2.45, 2.75) is 64.9 Å². The van der Waals surface area contributed by atoms with E-state index in [0.29, 0.717) is 16.7 Å². The first-order chi connectivity index (χ1) is 15.0. The van der Waals surface area contributed by atoms with Crippen molar-refractivity contribution in [3.63, 3.8) is 0 Å². The van der Waals surface area contributed by atoms with Crippen LogP contribution in [0.3, 0.4) is 0 Å². The molecule has 1 atom stereocenters. The zero-order valence-corrected chi connectivity index (χ0v) is 20.2. The topological polar surface area (TPSA) is 104 Å². The molecule has 32 heavy (non-hydrogen) atoms. The van der Waals surface area contributed by atoms with Gasteiger partial charge in [-0.1, -0.05) is 36.8 Å². The van der Waals surface area contributed by atoms with E-state index in [4.69, 9.17) is 0 Å². The van der Waals surface area contributed by atoms with Crippen LogP contribution in [0.25, 0.3) is 0 Å². The molecule has 0 aliphatic rings.